The van der Waals surface area contributed by atoms with E-state index in [1.165, 1.54) is 0 Å². The minimum Gasteiger partial charge on any atom is -0.497 e. The number of nitriles is 1. The number of methoxy groups -OCH3 is 1. The van der Waals surface area contributed by atoms with Gasteiger partial charge in [0, 0.05) is 6.20 Å². The Hall–Kier alpha value is -2.87. The minimum atomic E-state index is -0.764. The summed E-state index contributed by atoms with van der Waals surface area (Å²) in [5, 5.41) is 11.8. The van der Waals surface area contributed by atoms with E-state index < -0.39 is 5.92 Å². The van der Waals surface area contributed by atoms with E-state index in [0.717, 1.165) is 11.3 Å². The lowest BCUT2D eigenvalue weighted by Gasteiger charge is -2.10. The number of ether oxygens (including phenoxy) is 1. The number of hydrogen-bond acceptors (Lipinski definition) is 4. The molecular weight excluding hydrogens is 266 g/mol. The molecule has 2 aromatic rings. The third-order valence-electron chi connectivity index (χ3n) is 2.99. The maximum atomic E-state index is 12.1. The van der Waals surface area contributed by atoms with E-state index in [4.69, 9.17) is 4.74 Å². The predicted molar refractivity (Wildman–Crippen MR) is 78.7 cm³/mol. The largest absolute Gasteiger partial charge is 0.497 e. The van der Waals surface area contributed by atoms with Gasteiger partial charge in [-0.1, -0.05) is 18.2 Å². The number of benzene rings is 1. The van der Waals surface area contributed by atoms with Crippen LogP contribution in [0.5, 0.6) is 5.75 Å². The second-order valence-corrected chi connectivity index (χ2v) is 4.44. The van der Waals surface area contributed by atoms with Crippen LogP contribution >= 0.6 is 0 Å². The van der Waals surface area contributed by atoms with Crippen LogP contribution in [0, 0.1) is 17.2 Å². The summed E-state index contributed by atoms with van der Waals surface area (Å²) >= 11 is 0. The summed E-state index contributed by atoms with van der Waals surface area (Å²) in [6.45, 7) is 0. The Kier molecular flexibility index (Phi) is 4.89. The number of pyridine rings is 1. The maximum Gasteiger partial charge on any atom is 0.243 e. The third-order valence-corrected chi connectivity index (χ3v) is 2.99. The Morgan fingerprint density at radius 3 is 2.67 bits per heavy atom. The van der Waals surface area contributed by atoms with Crippen molar-refractivity contribution in [1.29, 1.82) is 5.26 Å². The van der Waals surface area contributed by atoms with Crippen LogP contribution in [0.2, 0.25) is 0 Å². The zero-order valence-corrected chi connectivity index (χ0v) is 11.6. The quantitative estimate of drug-likeness (QED) is 0.913. The first-order valence-corrected chi connectivity index (χ1v) is 6.47. The van der Waals surface area contributed by atoms with E-state index in [2.05, 4.69) is 10.3 Å². The average Bonchev–Trinajstić information content (AvgIpc) is 2.54. The van der Waals surface area contributed by atoms with Crippen LogP contribution in [0.3, 0.4) is 0 Å². The normalized spacial score (nSPS) is 11.2. The van der Waals surface area contributed by atoms with Crippen molar-refractivity contribution in [2.75, 3.05) is 12.4 Å². The van der Waals surface area contributed by atoms with Gasteiger partial charge in [-0.15, -0.1) is 0 Å². The van der Waals surface area contributed by atoms with Gasteiger partial charge in [-0.3, -0.25) is 4.79 Å². The maximum absolute atomic E-state index is 12.1. The molecule has 1 amide bonds. The highest BCUT2D eigenvalue weighted by Crippen LogP contribution is 2.15. The van der Waals surface area contributed by atoms with Gasteiger partial charge in [0.05, 0.1) is 13.2 Å². The van der Waals surface area contributed by atoms with Crippen molar-refractivity contribution in [1.82, 2.24) is 4.98 Å². The molecule has 5 nitrogen and oxygen atoms in total. The molecule has 1 atom stereocenters. The van der Waals surface area contributed by atoms with Crippen molar-refractivity contribution in [2.45, 2.75) is 6.42 Å². The van der Waals surface area contributed by atoms with E-state index in [1.807, 2.05) is 18.2 Å². The number of carbonyl (C=O) groups excluding carboxylic acids is 1. The second kappa shape index (κ2) is 7.06. The van der Waals surface area contributed by atoms with Crippen molar-refractivity contribution in [3.63, 3.8) is 0 Å². The monoisotopic (exact) mass is 281 g/mol. The third kappa shape index (κ3) is 4.05. The molecule has 106 valence electrons. The Balaban J connectivity index is 2.02. The van der Waals surface area contributed by atoms with Gasteiger partial charge in [0.2, 0.25) is 5.91 Å². The molecule has 21 heavy (non-hydrogen) atoms. The first kappa shape index (κ1) is 14.5. The first-order valence-electron chi connectivity index (χ1n) is 6.47. The summed E-state index contributed by atoms with van der Waals surface area (Å²) in [5.74, 6) is 0.0649. The fourth-order valence-corrected chi connectivity index (χ4v) is 1.84. The number of carbonyl (C=O) groups is 1. The fraction of sp³-hybridized carbons (Fsp3) is 0.188. The molecule has 1 aromatic heterocycles. The number of nitrogens with zero attached hydrogens (tertiary/aromatic N) is 2. The van der Waals surface area contributed by atoms with Gasteiger partial charge in [0.15, 0.2) is 0 Å². The van der Waals surface area contributed by atoms with Gasteiger partial charge in [-0.2, -0.15) is 5.26 Å². The van der Waals surface area contributed by atoms with Crippen molar-refractivity contribution in [3.8, 4) is 11.8 Å². The number of anilines is 1. The van der Waals surface area contributed by atoms with Crippen LogP contribution in [-0.2, 0) is 11.2 Å². The molecule has 0 saturated carbocycles. The van der Waals surface area contributed by atoms with Crippen molar-refractivity contribution in [3.05, 3.63) is 54.2 Å². The van der Waals surface area contributed by atoms with Crippen LogP contribution in [0.25, 0.3) is 0 Å². The number of rotatable bonds is 5. The van der Waals surface area contributed by atoms with Crippen LogP contribution in [0.4, 0.5) is 5.82 Å². The predicted octanol–water partition coefficient (Wildman–Crippen LogP) is 2.41. The molecule has 0 aliphatic heterocycles. The molecule has 0 radical (unpaired) electrons. The van der Waals surface area contributed by atoms with Crippen molar-refractivity contribution >= 4 is 11.7 Å². The Labute approximate surface area is 123 Å². The molecule has 5 heteroatoms. The lowest BCUT2D eigenvalue weighted by atomic mass is 10.00. The Morgan fingerprint density at radius 2 is 2.10 bits per heavy atom. The van der Waals surface area contributed by atoms with Gasteiger partial charge in [-0.25, -0.2) is 4.98 Å². The summed E-state index contributed by atoms with van der Waals surface area (Å²) in [6.07, 6.45) is 1.93. The molecule has 0 unspecified atom stereocenters. The van der Waals surface area contributed by atoms with Gasteiger partial charge < -0.3 is 10.1 Å². The molecule has 0 aliphatic rings. The minimum absolute atomic E-state index is 0.346. The number of amides is 1. The molecule has 1 N–H and O–H groups in total. The van der Waals surface area contributed by atoms with Gasteiger partial charge in [0.25, 0.3) is 0 Å². The van der Waals surface area contributed by atoms with E-state index >= 15 is 0 Å². The summed E-state index contributed by atoms with van der Waals surface area (Å²) in [7, 11) is 1.59. The number of hydrogen-bond donors (Lipinski definition) is 1. The van der Waals surface area contributed by atoms with E-state index in [9.17, 15) is 10.1 Å². The summed E-state index contributed by atoms with van der Waals surface area (Å²) in [6, 6.07) is 14.5. The molecule has 1 aromatic carbocycles. The van der Waals surface area contributed by atoms with E-state index in [-0.39, 0.29) is 5.91 Å². The lowest BCUT2D eigenvalue weighted by molar-refractivity contribution is -0.118. The standard InChI is InChI=1S/C16H15N3O2/c1-21-14-7-5-12(6-8-14)10-13(11-17)16(20)19-15-4-2-3-9-18-15/h2-9,13H,10H2,1H3,(H,18,19,20)/t13-/m1/s1. The number of aromatic nitrogens is 1. The smallest absolute Gasteiger partial charge is 0.243 e. The lowest BCUT2D eigenvalue weighted by Crippen LogP contribution is -2.23. The summed E-state index contributed by atoms with van der Waals surface area (Å²) in [4.78, 5) is 16.1. The molecule has 0 aliphatic carbocycles. The molecule has 2 rings (SSSR count). The molecule has 1 heterocycles. The first-order chi connectivity index (χ1) is 10.2. The SMILES string of the molecule is COc1ccc(C[C@H](C#N)C(=O)Nc2ccccn2)cc1. The fourth-order valence-electron chi connectivity index (χ4n) is 1.84. The topological polar surface area (TPSA) is 75.0 Å². The van der Waals surface area contributed by atoms with E-state index in [1.54, 1.807) is 43.6 Å². The molecular formula is C16H15N3O2. The van der Waals surface area contributed by atoms with Crippen LogP contribution in [0.15, 0.2) is 48.7 Å². The molecule has 0 bridgehead atoms. The molecule has 0 saturated heterocycles. The van der Waals surface area contributed by atoms with Gasteiger partial charge in [0.1, 0.15) is 17.5 Å². The van der Waals surface area contributed by atoms with Crippen LogP contribution in [-0.4, -0.2) is 18.0 Å². The highest BCUT2D eigenvalue weighted by Gasteiger charge is 2.18. The van der Waals surface area contributed by atoms with Crippen LogP contribution < -0.4 is 10.1 Å². The van der Waals surface area contributed by atoms with E-state index in [0.29, 0.717) is 12.2 Å². The van der Waals surface area contributed by atoms with Crippen molar-refractivity contribution in [2.24, 2.45) is 5.92 Å². The Morgan fingerprint density at radius 1 is 1.33 bits per heavy atom. The van der Waals surface area contributed by atoms with Gasteiger partial charge in [-0.05, 0) is 36.2 Å². The van der Waals surface area contributed by atoms with Crippen LogP contribution in [0.1, 0.15) is 5.56 Å². The number of nitrogens with one attached hydrogen (secondary N) is 1. The summed E-state index contributed by atoms with van der Waals surface area (Å²) in [5.41, 5.74) is 0.901. The highest BCUT2D eigenvalue weighted by molar-refractivity contribution is 5.93. The highest BCUT2D eigenvalue weighted by atomic mass is 16.5. The zero-order valence-electron chi connectivity index (χ0n) is 11.6. The zero-order chi connectivity index (χ0) is 15.1. The summed E-state index contributed by atoms with van der Waals surface area (Å²) < 4.78 is 5.07. The second-order valence-electron chi connectivity index (χ2n) is 4.44. The molecule has 0 fully saturated rings. The van der Waals surface area contributed by atoms with Gasteiger partial charge >= 0.3 is 0 Å². The Bertz CT molecular complexity index is 633. The molecule has 0 spiro atoms. The van der Waals surface area contributed by atoms with Crippen molar-refractivity contribution < 1.29 is 9.53 Å². The average molecular weight is 281 g/mol.